The lowest BCUT2D eigenvalue weighted by atomic mass is 9.76. The molecule has 3 N–H and O–H groups in total. The maximum absolute atomic E-state index is 11.7. The van der Waals surface area contributed by atoms with Crippen LogP contribution in [-0.4, -0.2) is 27.1 Å². The minimum absolute atomic E-state index is 0.0353. The van der Waals surface area contributed by atoms with Crippen molar-refractivity contribution in [1.82, 2.24) is 20.5 Å². The summed E-state index contributed by atoms with van der Waals surface area (Å²) in [6.07, 6.45) is 1.84. The molecule has 0 atom stereocenters. The Labute approximate surface area is 109 Å². The molecule has 1 aliphatic rings. The standard InChI is InChI=1S/C13H14N4O2/c18-12(11-15-13(19)17-16-11)14-10-6-9(7-10)8-4-2-1-3-5-8/h1-5,9-10H,6-7H2,(H,14,18)(H2,15,16,17,19). The van der Waals surface area contributed by atoms with E-state index in [1.54, 1.807) is 0 Å². The van der Waals surface area contributed by atoms with Gasteiger partial charge in [-0.1, -0.05) is 30.3 Å². The first-order chi connectivity index (χ1) is 9.22. The Kier molecular flexibility index (Phi) is 2.91. The van der Waals surface area contributed by atoms with Crippen molar-refractivity contribution in [3.05, 3.63) is 52.2 Å². The largest absolute Gasteiger partial charge is 0.347 e. The molecule has 3 rings (SSSR count). The van der Waals surface area contributed by atoms with Crippen molar-refractivity contribution in [3.8, 4) is 0 Å². The van der Waals surface area contributed by atoms with Gasteiger partial charge in [-0.15, -0.1) is 5.10 Å². The third-order valence-corrected chi connectivity index (χ3v) is 3.46. The molecule has 6 nitrogen and oxygen atoms in total. The summed E-state index contributed by atoms with van der Waals surface area (Å²) in [6, 6.07) is 10.4. The lowest BCUT2D eigenvalue weighted by molar-refractivity contribution is 0.0898. The van der Waals surface area contributed by atoms with E-state index < -0.39 is 5.69 Å². The Morgan fingerprint density at radius 3 is 2.63 bits per heavy atom. The van der Waals surface area contributed by atoms with Crippen LogP contribution in [0.4, 0.5) is 0 Å². The number of benzene rings is 1. The first-order valence-electron chi connectivity index (χ1n) is 6.23. The fourth-order valence-corrected chi connectivity index (χ4v) is 2.36. The second-order valence-corrected chi connectivity index (χ2v) is 4.78. The number of H-pyrrole nitrogens is 2. The molecule has 0 spiro atoms. The highest BCUT2D eigenvalue weighted by molar-refractivity contribution is 5.90. The molecule has 0 saturated heterocycles. The molecule has 98 valence electrons. The quantitative estimate of drug-likeness (QED) is 0.759. The van der Waals surface area contributed by atoms with Crippen LogP contribution in [0.15, 0.2) is 35.1 Å². The maximum atomic E-state index is 11.7. The number of nitrogens with zero attached hydrogens (tertiary/aromatic N) is 1. The van der Waals surface area contributed by atoms with E-state index in [9.17, 15) is 9.59 Å². The van der Waals surface area contributed by atoms with Gasteiger partial charge in [0.25, 0.3) is 5.91 Å². The van der Waals surface area contributed by atoms with Crippen LogP contribution in [0.25, 0.3) is 0 Å². The van der Waals surface area contributed by atoms with Crippen LogP contribution in [0.2, 0.25) is 0 Å². The Balaban J connectivity index is 1.54. The number of aromatic amines is 2. The number of rotatable bonds is 3. The smallest absolute Gasteiger partial charge is 0.341 e. The first kappa shape index (κ1) is 11.7. The highest BCUT2D eigenvalue weighted by Crippen LogP contribution is 2.36. The van der Waals surface area contributed by atoms with E-state index >= 15 is 0 Å². The summed E-state index contributed by atoms with van der Waals surface area (Å²) in [5, 5.41) is 8.62. The van der Waals surface area contributed by atoms with Gasteiger partial charge in [-0.2, -0.15) is 0 Å². The summed E-state index contributed by atoms with van der Waals surface area (Å²) in [6.45, 7) is 0. The van der Waals surface area contributed by atoms with Gasteiger partial charge in [0.2, 0.25) is 5.82 Å². The van der Waals surface area contributed by atoms with Gasteiger partial charge in [0.15, 0.2) is 0 Å². The van der Waals surface area contributed by atoms with Crippen LogP contribution in [0, 0.1) is 0 Å². The average molecular weight is 258 g/mol. The van der Waals surface area contributed by atoms with Crippen LogP contribution in [0.5, 0.6) is 0 Å². The van der Waals surface area contributed by atoms with Gasteiger partial charge in [-0.3, -0.25) is 9.78 Å². The lowest BCUT2D eigenvalue weighted by Crippen LogP contribution is -2.43. The van der Waals surface area contributed by atoms with E-state index in [1.807, 2.05) is 18.2 Å². The van der Waals surface area contributed by atoms with Crippen molar-refractivity contribution in [3.63, 3.8) is 0 Å². The summed E-state index contributed by atoms with van der Waals surface area (Å²) in [7, 11) is 0. The van der Waals surface area contributed by atoms with Crippen LogP contribution in [0.1, 0.15) is 34.9 Å². The van der Waals surface area contributed by atoms with Gasteiger partial charge < -0.3 is 5.32 Å². The fourth-order valence-electron chi connectivity index (χ4n) is 2.36. The topological polar surface area (TPSA) is 90.6 Å². The Morgan fingerprint density at radius 2 is 2.00 bits per heavy atom. The van der Waals surface area contributed by atoms with Crippen molar-refractivity contribution in [1.29, 1.82) is 0 Å². The third-order valence-electron chi connectivity index (χ3n) is 3.46. The zero-order valence-corrected chi connectivity index (χ0v) is 10.2. The molecule has 0 unspecified atom stereocenters. The molecule has 1 saturated carbocycles. The second kappa shape index (κ2) is 4.72. The van der Waals surface area contributed by atoms with Crippen LogP contribution >= 0.6 is 0 Å². The number of aromatic nitrogens is 3. The summed E-state index contributed by atoms with van der Waals surface area (Å²) in [4.78, 5) is 24.9. The number of hydrogen-bond acceptors (Lipinski definition) is 3. The van der Waals surface area contributed by atoms with Crippen molar-refractivity contribution in [2.75, 3.05) is 0 Å². The molecule has 1 heterocycles. The van der Waals surface area contributed by atoms with Gasteiger partial charge in [-0.25, -0.2) is 9.89 Å². The molecule has 1 amide bonds. The zero-order chi connectivity index (χ0) is 13.2. The summed E-state index contributed by atoms with van der Waals surface area (Å²) in [5.74, 6) is 0.202. The highest BCUT2D eigenvalue weighted by atomic mass is 16.2. The number of carbonyl (C=O) groups excluding carboxylic acids is 1. The predicted molar refractivity (Wildman–Crippen MR) is 68.9 cm³/mol. The van der Waals surface area contributed by atoms with E-state index in [2.05, 4.69) is 32.6 Å². The molecule has 0 bridgehead atoms. The number of carbonyl (C=O) groups is 1. The van der Waals surface area contributed by atoms with E-state index in [1.165, 1.54) is 5.56 Å². The van der Waals surface area contributed by atoms with Gasteiger partial charge in [0.1, 0.15) is 0 Å². The van der Waals surface area contributed by atoms with E-state index in [0.717, 1.165) is 12.8 Å². The number of amides is 1. The summed E-state index contributed by atoms with van der Waals surface area (Å²) >= 11 is 0. The number of hydrogen-bond donors (Lipinski definition) is 3. The van der Waals surface area contributed by atoms with Crippen molar-refractivity contribution >= 4 is 5.91 Å². The molecule has 1 aliphatic carbocycles. The van der Waals surface area contributed by atoms with E-state index in [4.69, 9.17) is 0 Å². The van der Waals surface area contributed by atoms with Crippen molar-refractivity contribution < 1.29 is 4.79 Å². The minimum atomic E-state index is -0.471. The normalized spacial score (nSPS) is 21.7. The van der Waals surface area contributed by atoms with Crippen LogP contribution in [-0.2, 0) is 0 Å². The fraction of sp³-hybridized carbons (Fsp3) is 0.308. The van der Waals surface area contributed by atoms with Gasteiger partial charge >= 0.3 is 5.69 Å². The van der Waals surface area contributed by atoms with Crippen molar-refractivity contribution in [2.24, 2.45) is 0 Å². The molecule has 0 radical (unpaired) electrons. The monoisotopic (exact) mass is 258 g/mol. The molecule has 19 heavy (non-hydrogen) atoms. The minimum Gasteiger partial charge on any atom is -0.347 e. The Hall–Kier alpha value is -2.37. The SMILES string of the molecule is O=C(NC1CC(c2ccccc2)C1)c1n[nH]c(=O)[nH]1. The van der Waals surface area contributed by atoms with E-state index in [0.29, 0.717) is 5.92 Å². The molecule has 6 heteroatoms. The van der Waals surface area contributed by atoms with Gasteiger partial charge in [0.05, 0.1) is 0 Å². The van der Waals surface area contributed by atoms with Gasteiger partial charge in [-0.05, 0) is 24.3 Å². The molecule has 1 aromatic carbocycles. The maximum Gasteiger partial charge on any atom is 0.341 e. The molecular formula is C13H14N4O2. The first-order valence-corrected chi connectivity index (χ1v) is 6.23. The van der Waals surface area contributed by atoms with Crippen LogP contribution in [0.3, 0.4) is 0 Å². The van der Waals surface area contributed by atoms with E-state index in [-0.39, 0.29) is 17.8 Å². The lowest BCUT2D eigenvalue weighted by Gasteiger charge is -2.35. The number of nitrogens with one attached hydrogen (secondary N) is 3. The van der Waals surface area contributed by atoms with Crippen molar-refractivity contribution in [2.45, 2.75) is 24.8 Å². The molecular weight excluding hydrogens is 244 g/mol. The Morgan fingerprint density at radius 1 is 1.26 bits per heavy atom. The average Bonchev–Trinajstić information content (AvgIpc) is 2.81. The molecule has 0 aliphatic heterocycles. The third kappa shape index (κ3) is 2.42. The second-order valence-electron chi connectivity index (χ2n) is 4.78. The van der Waals surface area contributed by atoms with Gasteiger partial charge in [0, 0.05) is 6.04 Å². The summed E-state index contributed by atoms with van der Waals surface area (Å²) in [5.41, 5.74) is 0.835. The Bertz CT molecular complexity index is 625. The molecule has 1 fully saturated rings. The zero-order valence-electron chi connectivity index (χ0n) is 10.2. The highest BCUT2D eigenvalue weighted by Gasteiger charge is 2.31. The molecule has 1 aromatic heterocycles. The predicted octanol–water partition coefficient (Wildman–Crippen LogP) is 0.774. The summed E-state index contributed by atoms with van der Waals surface area (Å²) < 4.78 is 0. The van der Waals surface area contributed by atoms with Crippen LogP contribution < -0.4 is 11.0 Å². The molecule has 2 aromatic rings.